The summed E-state index contributed by atoms with van der Waals surface area (Å²) in [5.74, 6) is 4.48. The number of hydrogen-bond donors (Lipinski definition) is 2. The Morgan fingerprint density at radius 3 is 2.75 bits per heavy atom. The first-order valence-electron chi connectivity index (χ1n) is 4.90. The zero-order valence-corrected chi connectivity index (χ0v) is 8.97. The van der Waals surface area contributed by atoms with Gasteiger partial charge in [0.25, 0.3) is 5.56 Å². The highest BCUT2D eigenvalue weighted by Gasteiger charge is 2.06. The van der Waals surface area contributed by atoms with Gasteiger partial charge in [0.1, 0.15) is 0 Å². The Labute approximate surface area is 91.5 Å². The first-order chi connectivity index (χ1) is 7.60. The van der Waals surface area contributed by atoms with E-state index in [-0.39, 0.29) is 13.0 Å². The Bertz CT molecular complexity index is 488. The molecule has 0 fully saturated rings. The smallest absolute Gasteiger partial charge is 0.301 e. The third-order valence-electron chi connectivity index (χ3n) is 2.20. The van der Waals surface area contributed by atoms with Gasteiger partial charge in [-0.05, 0) is 6.92 Å². The van der Waals surface area contributed by atoms with Gasteiger partial charge in [-0.3, -0.25) is 19.6 Å². The molecule has 3 N–H and O–H groups in total. The first-order valence-corrected chi connectivity index (χ1v) is 4.90. The van der Waals surface area contributed by atoms with Gasteiger partial charge in [0.2, 0.25) is 5.91 Å². The van der Waals surface area contributed by atoms with Gasteiger partial charge in [0.15, 0.2) is 0 Å². The lowest BCUT2D eigenvalue weighted by atomic mass is 10.4. The van der Waals surface area contributed by atoms with E-state index in [2.05, 4.69) is 0 Å². The number of nitrogens with zero attached hydrogens (tertiary/aromatic N) is 2. The predicted octanol–water partition coefficient (Wildman–Crippen LogP) is -1.59. The van der Waals surface area contributed by atoms with E-state index >= 15 is 0 Å². The number of hydrogen-bond acceptors (Lipinski definition) is 4. The summed E-state index contributed by atoms with van der Waals surface area (Å²) in [5, 5.41) is 0. The molecule has 0 aliphatic rings. The second kappa shape index (κ2) is 5.26. The standard InChI is InChI=1S/C9H14N4O3/c1-2-12-5-4-8(15)13(9(12)16)6-3-7(14)11-10/h4-5H,2-3,6,10H2,1H3,(H,11,14). The van der Waals surface area contributed by atoms with Crippen molar-refractivity contribution in [1.82, 2.24) is 14.6 Å². The largest absolute Gasteiger partial charge is 0.330 e. The Kier molecular flexibility index (Phi) is 4.01. The minimum absolute atomic E-state index is 0.000621. The molecule has 0 aliphatic carbocycles. The fourth-order valence-corrected chi connectivity index (χ4v) is 1.29. The molecule has 1 amide bonds. The number of nitrogens with one attached hydrogen (secondary N) is 1. The highest BCUT2D eigenvalue weighted by atomic mass is 16.2. The fraction of sp³-hybridized carbons (Fsp3) is 0.444. The van der Waals surface area contributed by atoms with Crippen molar-refractivity contribution in [2.24, 2.45) is 5.84 Å². The maximum atomic E-state index is 11.7. The second-order valence-electron chi connectivity index (χ2n) is 3.19. The molecule has 0 aromatic carbocycles. The van der Waals surface area contributed by atoms with Gasteiger partial charge in [-0.25, -0.2) is 10.6 Å². The highest BCUT2D eigenvalue weighted by molar-refractivity contribution is 5.74. The number of nitrogens with two attached hydrogens (primary N) is 1. The molecule has 16 heavy (non-hydrogen) atoms. The van der Waals surface area contributed by atoms with Gasteiger partial charge in [-0.2, -0.15) is 0 Å². The van der Waals surface area contributed by atoms with Crippen LogP contribution in [0.2, 0.25) is 0 Å². The molecule has 0 saturated heterocycles. The van der Waals surface area contributed by atoms with Crippen LogP contribution in [0, 0.1) is 0 Å². The summed E-state index contributed by atoms with van der Waals surface area (Å²) in [6.07, 6.45) is 1.43. The third-order valence-corrected chi connectivity index (χ3v) is 2.20. The molecule has 0 aliphatic heterocycles. The van der Waals surface area contributed by atoms with Crippen molar-refractivity contribution in [2.45, 2.75) is 26.4 Å². The van der Waals surface area contributed by atoms with Crippen LogP contribution in [0.3, 0.4) is 0 Å². The number of carbonyl (C=O) groups is 1. The number of hydrazine groups is 1. The molecule has 7 nitrogen and oxygen atoms in total. The van der Waals surface area contributed by atoms with Gasteiger partial charge in [-0.1, -0.05) is 0 Å². The van der Waals surface area contributed by atoms with Crippen LogP contribution in [0.15, 0.2) is 21.9 Å². The van der Waals surface area contributed by atoms with Crippen LogP contribution in [0.5, 0.6) is 0 Å². The van der Waals surface area contributed by atoms with E-state index in [0.717, 1.165) is 4.57 Å². The molecule has 0 unspecified atom stereocenters. The van der Waals surface area contributed by atoms with E-state index in [0.29, 0.717) is 6.54 Å². The van der Waals surface area contributed by atoms with Crippen LogP contribution in [0.4, 0.5) is 0 Å². The molecule has 0 bridgehead atoms. The lowest BCUT2D eigenvalue weighted by Gasteiger charge is -2.07. The van der Waals surface area contributed by atoms with Gasteiger partial charge < -0.3 is 4.57 Å². The summed E-state index contributed by atoms with van der Waals surface area (Å²) < 4.78 is 2.40. The van der Waals surface area contributed by atoms with Crippen molar-refractivity contribution in [2.75, 3.05) is 0 Å². The third kappa shape index (κ3) is 2.57. The zero-order chi connectivity index (χ0) is 12.1. The van der Waals surface area contributed by atoms with E-state index < -0.39 is 17.2 Å². The average molecular weight is 226 g/mol. The van der Waals surface area contributed by atoms with Gasteiger partial charge in [0, 0.05) is 31.8 Å². The van der Waals surface area contributed by atoms with Crippen molar-refractivity contribution < 1.29 is 4.79 Å². The maximum Gasteiger partial charge on any atom is 0.330 e. The van der Waals surface area contributed by atoms with Crippen molar-refractivity contribution in [3.8, 4) is 0 Å². The molecular formula is C9H14N4O3. The number of amides is 1. The van der Waals surface area contributed by atoms with Crippen molar-refractivity contribution in [3.05, 3.63) is 33.1 Å². The molecule has 0 spiro atoms. The van der Waals surface area contributed by atoms with Crippen molar-refractivity contribution in [1.29, 1.82) is 0 Å². The van der Waals surface area contributed by atoms with E-state index in [1.165, 1.54) is 16.8 Å². The monoisotopic (exact) mass is 226 g/mol. The van der Waals surface area contributed by atoms with Crippen LogP contribution >= 0.6 is 0 Å². The average Bonchev–Trinajstić information content (AvgIpc) is 2.28. The summed E-state index contributed by atoms with van der Waals surface area (Å²) in [5.41, 5.74) is 1.11. The summed E-state index contributed by atoms with van der Waals surface area (Å²) in [7, 11) is 0. The SMILES string of the molecule is CCn1ccc(=O)n(CCC(=O)NN)c1=O. The van der Waals surface area contributed by atoms with Crippen LogP contribution in [-0.4, -0.2) is 15.0 Å². The fourth-order valence-electron chi connectivity index (χ4n) is 1.29. The predicted molar refractivity (Wildman–Crippen MR) is 57.6 cm³/mol. The molecule has 1 heterocycles. The van der Waals surface area contributed by atoms with Crippen LogP contribution in [-0.2, 0) is 17.9 Å². The molecule has 0 atom stereocenters. The van der Waals surface area contributed by atoms with Gasteiger partial charge >= 0.3 is 5.69 Å². The normalized spacial score (nSPS) is 10.1. The first kappa shape index (κ1) is 12.2. The number of aromatic nitrogens is 2. The van der Waals surface area contributed by atoms with Gasteiger partial charge in [0.05, 0.1) is 0 Å². The molecular weight excluding hydrogens is 212 g/mol. The summed E-state index contributed by atoms with van der Waals surface area (Å²) >= 11 is 0. The minimum atomic E-state index is -0.418. The lowest BCUT2D eigenvalue weighted by Crippen LogP contribution is -2.40. The zero-order valence-electron chi connectivity index (χ0n) is 8.97. The van der Waals surface area contributed by atoms with Crippen LogP contribution in [0.1, 0.15) is 13.3 Å². The Balaban J connectivity index is 2.99. The Morgan fingerprint density at radius 2 is 2.19 bits per heavy atom. The summed E-state index contributed by atoms with van der Waals surface area (Å²) in [6, 6.07) is 1.30. The molecule has 1 rings (SSSR count). The van der Waals surface area contributed by atoms with Crippen LogP contribution < -0.4 is 22.5 Å². The maximum absolute atomic E-state index is 11.7. The molecule has 0 radical (unpaired) electrons. The molecule has 1 aromatic rings. The Hall–Kier alpha value is -1.89. The second-order valence-corrected chi connectivity index (χ2v) is 3.19. The molecule has 88 valence electrons. The highest BCUT2D eigenvalue weighted by Crippen LogP contribution is 1.84. The number of carbonyl (C=O) groups excluding carboxylic acids is 1. The van der Waals surface area contributed by atoms with Crippen LogP contribution in [0.25, 0.3) is 0 Å². The van der Waals surface area contributed by atoms with E-state index in [1.54, 1.807) is 6.92 Å². The Morgan fingerprint density at radius 1 is 1.50 bits per heavy atom. The molecule has 1 aromatic heterocycles. The van der Waals surface area contributed by atoms with Gasteiger partial charge in [-0.15, -0.1) is 0 Å². The van der Waals surface area contributed by atoms with Crippen molar-refractivity contribution in [3.63, 3.8) is 0 Å². The number of aryl methyl sites for hydroxylation is 1. The summed E-state index contributed by atoms with van der Waals surface area (Å²) in [6.45, 7) is 2.30. The van der Waals surface area contributed by atoms with E-state index in [1.807, 2.05) is 5.43 Å². The van der Waals surface area contributed by atoms with E-state index in [4.69, 9.17) is 5.84 Å². The summed E-state index contributed by atoms with van der Waals surface area (Å²) in [4.78, 5) is 34.0. The minimum Gasteiger partial charge on any atom is -0.301 e. The van der Waals surface area contributed by atoms with Crippen molar-refractivity contribution >= 4 is 5.91 Å². The molecule has 7 heteroatoms. The van der Waals surface area contributed by atoms with E-state index in [9.17, 15) is 14.4 Å². The topological polar surface area (TPSA) is 99.1 Å². The lowest BCUT2D eigenvalue weighted by molar-refractivity contribution is -0.121. The number of rotatable bonds is 4. The molecule has 0 saturated carbocycles. The quantitative estimate of drug-likeness (QED) is 0.367.